The number of hydrogen-bond acceptors (Lipinski definition) is 6. The Bertz CT molecular complexity index is 1500. The third kappa shape index (κ3) is 6.22. The predicted molar refractivity (Wildman–Crippen MR) is 148 cm³/mol. The quantitative estimate of drug-likeness (QED) is 0.279. The Morgan fingerprint density at radius 2 is 1.72 bits per heavy atom. The highest BCUT2D eigenvalue weighted by Gasteiger charge is 2.37. The topological polar surface area (TPSA) is 114 Å². The van der Waals surface area contributed by atoms with E-state index in [1.54, 1.807) is 74.5 Å². The van der Waals surface area contributed by atoms with Crippen molar-refractivity contribution in [2.45, 2.75) is 13.8 Å². The fourth-order valence-corrected chi connectivity index (χ4v) is 4.13. The lowest BCUT2D eigenvalue weighted by Crippen LogP contribution is -2.54. The Labute approximate surface area is 234 Å². The molecule has 1 fully saturated rings. The number of anilines is 2. The van der Waals surface area contributed by atoms with Crippen LogP contribution < -0.4 is 25.0 Å². The molecule has 11 heteroatoms. The van der Waals surface area contributed by atoms with Crippen molar-refractivity contribution < 1.29 is 28.7 Å². The van der Waals surface area contributed by atoms with Crippen LogP contribution in [0.2, 0.25) is 10.0 Å². The molecule has 3 aromatic rings. The van der Waals surface area contributed by atoms with E-state index in [1.165, 1.54) is 6.08 Å². The minimum absolute atomic E-state index is 0.260. The van der Waals surface area contributed by atoms with E-state index < -0.39 is 23.8 Å². The maximum atomic E-state index is 13.3. The zero-order valence-electron chi connectivity index (χ0n) is 20.9. The van der Waals surface area contributed by atoms with Crippen LogP contribution in [0.15, 0.2) is 66.2 Å². The average molecular weight is 568 g/mol. The van der Waals surface area contributed by atoms with E-state index in [2.05, 4.69) is 10.6 Å². The van der Waals surface area contributed by atoms with Gasteiger partial charge in [-0.25, -0.2) is 9.69 Å². The lowest BCUT2D eigenvalue weighted by molar-refractivity contribution is -0.122. The highest BCUT2D eigenvalue weighted by Crippen LogP contribution is 2.32. The number of nitrogens with one attached hydrogen (secondary N) is 2. The number of ether oxygens (including phenoxy) is 2. The van der Waals surface area contributed by atoms with Crippen LogP contribution in [0.25, 0.3) is 6.08 Å². The second-order valence-electron chi connectivity index (χ2n) is 8.30. The minimum atomic E-state index is -0.874. The van der Waals surface area contributed by atoms with Crippen LogP contribution in [0.4, 0.5) is 16.2 Å². The van der Waals surface area contributed by atoms with Gasteiger partial charge >= 0.3 is 6.03 Å². The average Bonchev–Trinajstić information content (AvgIpc) is 2.90. The third-order valence-electron chi connectivity index (χ3n) is 5.67. The summed E-state index contributed by atoms with van der Waals surface area (Å²) in [6.45, 7) is 3.41. The number of imide groups is 2. The summed E-state index contributed by atoms with van der Waals surface area (Å²) < 4.78 is 11.3. The first-order chi connectivity index (χ1) is 18.7. The number of urea groups is 1. The van der Waals surface area contributed by atoms with Crippen LogP contribution in [0, 0.1) is 6.92 Å². The number of carbonyl (C=O) groups excluding carboxylic acids is 4. The van der Waals surface area contributed by atoms with Gasteiger partial charge in [-0.3, -0.25) is 19.7 Å². The number of halogens is 2. The molecule has 2 N–H and O–H groups in total. The molecule has 0 spiro atoms. The largest absolute Gasteiger partial charge is 0.490 e. The van der Waals surface area contributed by atoms with E-state index in [4.69, 9.17) is 32.7 Å². The van der Waals surface area contributed by atoms with E-state index in [0.29, 0.717) is 32.6 Å². The first kappa shape index (κ1) is 27.7. The number of hydrogen-bond donors (Lipinski definition) is 2. The highest BCUT2D eigenvalue weighted by atomic mass is 35.5. The fraction of sp³-hybridized carbons (Fsp3) is 0.143. The molecule has 3 aromatic carbocycles. The normalized spacial score (nSPS) is 14.3. The monoisotopic (exact) mass is 567 g/mol. The summed E-state index contributed by atoms with van der Waals surface area (Å²) in [4.78, 5) is 51.6. The fourth-order valence-electron chi connectivity index (χ4n) is 3.78. The summed E-state index contributed by atoms with van der Waals surface area (Å²) >= 11 is 12.2. The Morgan fingerprint density at radius 1 is 0.974 bits per heavy atom. The van der Waals surface area contributed by atoms with Crippen molar-refractivity contribution in [1.29, 1.82) is 0 Å². The number of amides is 5. The molecule has 39 heavy (non-hydrogen) atoms. The van der Waals surface area contributed by atoms with Gasteiger partial charge in [0.2, 0.25) is 0 Å². The standard InChI is InChI=1S/C28H23Cl2N3O6/c1-3-38-24-14-17(11-12-23(24)39-15-25(34)31-21-9-5-4-7-20(21)30)13-18-26(35)32-28(37)33(27(18)36)22-10-6-8-19(29)16(22)2/h4-14H,3,15H2,1-2H3,(H,31,34)(H,32,35,37)/b18-13-. The Kier molecular flexibility index (Phi) is 8.53. The minimum Gasteiger partial charge on any atom is -0.490 e. The van der Waals surface area contributed by atoms with Crippen molar-refractivity contribution >= 4 is 64.4 Å². The van der Waals surface area contributed by atoms with E-state index in [-0.39, 0.29) is 30.2 Å². The van der Waals surface area contributed by atoms with Crippen LogP contribution in [0.3, 0.4) is 0 Å². The zero-order valence-corrected chi connectivity index (χ0v) is 22.4. The highest BCUT2D eigenvalue weighted by molar-refractivity contribution is 6.40. The lowest BCUT2D eigenvalue weighted by atomic mass is 10.1. The van der Waals surface area contributed by atoms with Gasteiger partial charge in [-0.05, 0) is 67.4 Å². The van der Waals surface area contributed by atoms with E-state index in [0.717, 1.165) is 4.90 Å². The smallest absolute Gasteiger partial charge is 0.335 e. The van der Waals surface area contributed by atoms with Gasteiger partial charge < -0.3 is 14.8 Å². The molecule has 1 aliphatic rings. The van der Waals surface area contributed by atoms with Gasteiger partial charge in [-0.2, -0.15) is 0 Å². The van der Waals surface area contributed by atoms with Crippen LogP contribution in [-0.4, -0.2) is 37.0 Å². The number of carbonyl (C=O) groups is 4. The van der Waals surface area contributed by atoms with Crippen molar-refractivity contribution in [3.05, 3.63) is 87.4 Å². The number of barbiturate groups is 1. The van der Waals surface area contributed by atoms with Gasteiger partial charge in [0.15, 0.2) is 18.1 Å². The van der Waals surface area contributed by atoms with Gasteiger partial charge in [-0.1, -0.05) is 47.5 Å². The van der Waals surface area contributed by atoms with Crippen LogP contribution in [-0.2, 0) is 14.4 Å². The Morgan fingerprint density at radius 3 is 2.46 bits per heavy atom. The van der Waals surface area contributed by atoms with Gasteiger partial charge in [0.05, 0.1) is 23.0 Å². The molecule has 9 nitrogen and oxygen atoms in total. The van der Waals surface area contributed by atoms with Crippen molar-refractivity contribution in [3.8, 4) is 11.5 Å². The molecule has 1 aliphatic heterocycles. The second kappa shape index (κ2) is 12.0. The predicted octanol–water partition coefficient (Wildman–Crippen LogP) is 5.38. The van der Waals surface area contributed by atoms with E-state index >= 15 is 0 Å². The summed E-state index contributed by atoms with van der Waals surface area (Å²) in [6, 6.07) is 15.4. The molecule has 0 aliphatic carbocycles. The SMILES string of the molecule is CCOc1cc(/C=C2/C(=O)NC(=O)N(c3cccc(Cl)c3C)C2=O)ccc1OCC(=O)Nc1ccccc1Cl. The summed E-state index contributed by atoms with van der Waals surface area (Å²) in [5.74, 6) is -1.50. The van der Waals surface area contributed by atoms with Crippen molar-refractivity contribution in [1.82, 2.24) is 5.32 Å². The van der Waals surface area contributed by atoms with E-state index in [1.807, 2.05) is 0 Å². The summed E-state index contributed by atoms with van der Waals surface area (Å²) in [7, 11) is 0. The molecule has 0 unspecified atom stereocenters. The Balaban J connectivity index is 1.56. The molecule has 0 bridgehead atoms. The number of benzene rings is 3. The van der Waals surface area contributed by atoms with Crippen molar-refractivity contribution in [2.24, 2.45) is 0 Å². The lowest BCUT2D eigenvalue weighted by Gasteiger charge is -2.27. The second-order valence-corrected chi connectivity index (χ2v) is 9.11. The van der Waals surface area contributed by atoms with E-state index in [9.17, 15) is 19.2 Å². The summed E-state index contributed by atoms with van der Waals surface area (Å²) in [5, 5.41) is 5.62. The van der Waals surface area contributed by atoms with Crippen molar-refractivity contribution in [3.63, 3.8) is 0 Å². The first-order valence-electron chi connectivity index (χ1n) is 11.8. The molecule has 1 heterocycles. The molecule has 200 valence electrons. The number of para-hydroxylation sites is 1. The molecule has 0 aromatic heterocycles. The van der Waals surface area contributed by atoms with Crippen molar-refractivity contribution in [2.75, 3.05) is 23.4 Å². The van der Waals surface area contributed by atoms with Gasteiger partial charge in [0.1, 0.15) is 5.57 Å². The maximum Gasteiger partial charge on any atom is 0.335 e. The molecule has 4 rings (SSSR count). The molecule has 0 radical (unpaired) electrons. The summed E-state index contributed by atoms with van der Waals surface area (Å²) in [6.07, 6.45) is 1.34. The summed E-state index contributed by atoms with van der Waals surface area (Å²) in [5.41, 5.74) is 1.40. The number of nitrogens with zero attached hydrogens (tertiary/aromatic N) is 1. The number of rotatable bonds is 8. The first-order valence-corrected chi connectivity index (χ1v) is 12.6. The molecular weight excluding hydrogens is 545 g/mol. The zero-order chi connectivity index (χ0) is 28.1. The molecular formula is C28H23Cl2N3O6. The Hall–Kier alpha value is -4.34. The molecule has 5 amide bonds. The van der Waals surface area contributed by atoms with Crippen LogP contribution in [0.5, 0.6) is 11.5 Å². The molecule has 0 saturated carbocycles. The van der Waals surface area contributed by atoms with Gasteiger partial charge in [-0.15, -0.1) is 0 Å². The van der Waals surface area contributed by atoms with Crippen LogP contribution >= 0.6 is 23.2 Å². The third-order valence-corrected chi connectivity index (χ3v) is 6.41. The van der Waals surface area contributed by atoms with Gasteiger partial charge in [0, 0.05) is 5.02 Å². The molecule has 1 saturated heterocycles. The van der Waals surface area contributed by atoms with Gasteiger partial charge in [0.25, 0.3) is 17.7 Å². The van der Waals surface area contributed by atoms with Crippen LogP contribution in [0.1, 0.15) is 18.1 Å². The maximum absolute atomic E-state index is 13.3. The molecule has 0 atom stereocenters.